The molecule has 136 valence electrons. The second-order valence-corrected chi connectivity index (χ2v) is 8.48. The molecule has 0 radical (unpaired) electrons. The molecule has 1 aromatic heterocycles. The molecule has 1 aliphatic rings. The molecule has 0 amide bonds. The highest BCUT2D eigenvalue weighted by Crippen LogP contribution is 2.24. The number of aromatic nitrogens is 2. The highest BCUT2D eigenvalue weighted by Gasteiger charge is 2.32. The standard InChI is InChI=1S/C18H26N4O2S/c1-15-18(16(2)20(3)19-15)25(23,24)22-13-11-21(12-14-22)10-9-17-7-5-4-6-8-17/h4-8H,9-14H2,1-3H3. The third-order valence-electron chi connectivity index (χ3n) is 4.93. The van der Waals surface area contributed by atoms with E-state index >= 15 is 0 Å². The second-order valence-electron chi connectivity index (χ2n) is 6.60. The monoisotopic (exact) mass is 362 g/mol. The van der Waals surface area contributed by atoms with Crippen molar-refractivity contribution in [2.24, 2.45) is 7.05 Å². The second kappa shape index (κ2) is 7.27. The van der Waals surface area contributed by atoms with Gasteiger partial charge >= 0.3 is 0 Å². The molecule has 7 heteroatoms. The van der Waals surface area contributed by atoms with Crippen LogP contribution in [0.15, 0.2) is 35.2 Å². The van der Waals surface area contributed by atoms with Gasteiger partial charge in [-0.1, -0.05) is 30.3 Å². The normalized spacial score (nSPS) is 17.1. The average molecular weight is 362 g/mol. The van der Waals surface area contributed by atoms with Crippen molar-refractivity contribution < 1.29 is 8.42 Å². The van der Waals surface area contributed by atoms with Crippen molar-refractivity contribution in [3.8, 4) is 0 Å². The molecule has 1 aliphatic heterocycles. The van der Waals surface area contributed by atoms with Crippen LogP contribution in [0.3, 0.4) is 0 Å². The molecule has 1 fully saturated rings. The van der Waals surface area contributed by atoms with E-state index in [9.17, 15) is 8.42 Å². The van der Waals surface area contributed by atoms with Gasteiger partial charge in [-0.2, -0.15) is 9.40 Å². The lowest BCUT2D eigenvalue weighted by atomic mass is 10.1. The zero-order chi connectivity index (χ0) is 18.0. The molecule has 1 saturated heterocycles. The predicted octanol–water partition coefficient (Wildman–Crippen LogP) is 1.59. The molecule has 1 aromatic carbocycles. The molecular formula is C18H26N4O2S. The first-order valence-corrected chi connectivity index (χ1v) is 10.1. The zero-order valence-corrected chi connectivity index (χ0v) is 16.0. The Bertz CT molecular complexity index is 822. The summed E-state index contributed by atoms with van der Waals surface area (Å²) in [4.78, 5) is 2.70. The van der Waals surface area contributed by atoms with E-state index in [1.807, 2.05) is 13.0 Å². The Hall–Kier alpha value is -1.70. The van der Waals surface area contributed by atoms with Crippen LogP contribution < -0.4 is 0 Å². The summed E-state index contributed by atoms with van der Waals surface area (Å²) < 4.78 is 29.2. The van der Waals surface area contributed by atoms with E-state index in [0.29, 0.717) is 29.4 Å². The summed E-state index contributed by atoms with van der Waals surface area (Å²) >= 11 is 0. The molecule has 25 heavy (non-hydrogen) atoms. The first kappa shape index (κ1) is 18.1. The maximum atomic E-state index is 13.0. The Balaban J connectivity index is 1.62. The Kier molecular flexibility index (Phi) is 5.27. The van der Waals surface area contributed by atoms with Gasteiger partial charge < -0.3 is 4.90 Å². The highest BCUT2D eigenvalue weighted by atomic mass is 32.2. The molecule has 0 unspecified atom stereocenters. The van der Waals surface area contributed by atoms with Crippen LogP contribution >= 0.6 is 0 Å². The number of sulfonamides is 1. The van der Waals surface area contributed by atoms with Crippen LogP contribution in [0.1, 0.15) is 17.0 Å². The molecule has 0 spiro atoms. The lowest BCUT2D eigenvalue weighted by molar-refractivity contribution is 0.190. The van der Waals surface area contributed by atoms with Crippen molar-refractivity contribution in [3.63, 3.8) is 0 Å². The molecule has 3 rings (SSSR count). The smallest absolute Gasteiger partial charge is 0.246 e. The van der Waals surface area contributed by atoms with Gasteiger partial charge in [0.2, 0.25) is 10.0 Å². The summed E-state index contributed by atoms with van der Waals surface area (Å²) in [5, 5.41) is 4.25. The minimum Gasteiger partial charge on any atom is -0.300 e. The van der Waals surface area contributed by atoms with E-state index in [1.165, 1.54) is 5.56 Å². The number of benzene rings is 1. The third kappa shape index (κ3) is 3.78. The maximum absolute atomic E-state index is 13.0. The predicted molar refractivity (Wildman–Crippen MR) is 98.0 cm³/mol. The summed E-state index contributed by atoms with van der Waals surface area (Å²) in [5.41, 5.74) is 2.59. The van der Waals surface area contributed by atoms with Crippen molar-refractivity contribution in [1.82, 2.24) is 19.0 Å². The van der Waals surface area contributed by atoms with Gasteiger partial charge in [-0.3, -0.25) is 4.68 Å². The fourth-order valence-electron chi connectivity index (χ4n) is 3.38. The van der Waals surface area contributed by atoms with Crippen LogP contribution in [0.2, 0.25) is 0 Å². The van der Waals surface area contributed by atoms with Crippen LogP contribution in [0.4, 0.5) is 0 Å². The van der Waals surface area contributed by atoms with Crippen molar-refractivity contribution in [2.45, 2.75) is 25.2 Å². The fraction of sp³-hybridized carbons (Fsp3) is 0.500. The van der Waals surface area contributed by atoms with Crippen LogP contribution in [-0.4, -0.2) is 60.1 Å². The molecular weight excluding hydrogens is 336 g/mol. The van der Waals surface area contributed by atoms with Gasteiger partial charge in [0.25, 0.3) is 0 Å². The number of hydrogen-bond donors (Lipinski definition) is 0. The minimum atomic E-state index is -3.47. The van der Waals surface area contributed by atoms with Crippen molar-refractivity contribution >= 4 is 10.0 Å². The summed E-state index contributed by atoms with van der Waals surface area (Å²) in [6.45, 7) is 7.13. The number of aryl methyl sites for hydroxylation is 2. The lowest BCUT2D eigenvalue weighted by Crippen LogP contribution is -2.49. The largest absolute Gasteiger partial charge is 0.300 e. The minimum absolute atomic E-state index is 0.368. The van der Waals surface area contributed by atoms with E-state index in [2.05, 4.69) is 34.3 Å². The van der Waals surface area contributed by atoms with E-state index in [1.54, 1.807) is 23.0 Å². The summed E-state index contributed by atoms with van der Waals surface area (Å²) in [6.07, 6.45) is 0.994. The average Bonchev–Trinajstić information content (AvgIpc) is 2.87. The quantitative estimate of drug-likeness (QED) is 0.810. The summed E-state index contributed by atoms with van der Waals surface area (Å²) in [7, 11) is -1.69. The van der Waals surface area contributed by atoms with Crippen LogP contribution in [0.25, 0.3) is 0 Å². The molecule has 0 aliphatic carbocycles. The third-order valence-corrected chi connectivity index (χ3v) is 7.08. The van der Waals surface area contributed by atoms with Gasteiger partial charge in [-0.25, -0.2) is 8.42 Å². The van der Waals surface area contributed by atoms with Crippen LogP contribution in [-0.2, 0) is 23.5 Å². The molecule has 0 atom stereocenters. The molecule has 2 heterocycles. The number of nitrogens with zero attached hydrogens (tertiary/aromatic N) is 4. The van der Waals surface area contributed by atoms with Gasteiger partial charge in [-0.15, -0.1) is 0 Å². The molecule has 0 N–H and O–H groups in total. The summed E-state index contributed by atoms with van der Waals surface area (Å²) in [5.74, 6) is 0. The van der Waals surface area contributed by atoms with Gasteiger partial charge in [0.15, 0.2) is 0 Å². The lowest BCUT2D eigenvalue weighted by Gasteiger charge is -2.34. The van der Waals surface area contributed by atoms with E-state index in [0.717, 1.165) is 26.1 Å². The van der Waals surface area contributed by atoms with E-state index in [-0.39, 0.29) is 0 Å². The van der Waals surface area contributed by atoms with Crippen molar-refractivity contribution in [3.05, 3.63) is 47.3 Å². The topological polar surface area (TPSA) is 58.4 Å². The fourth-order valence-corrected chi connectivity index (χ4v) is 5.20. The van der Waals surface area contributed by atoms with E-state index in [4.69, 9.17) is 0 Å². The Morgan fingerprint density at radius 1 is 1.04 bits per heavy atom. The van der Waals surface area contributed by atoms with Gasteiger partial charge in [0.1, 0.15) is 4.90 Å². The molecule has 0 saturated carbocycles. The molecule has 6 nitrogen and oxygen atoms in total. The number of piperazine rings is 1. The highest BCUT2D eigenvalue weighted by molar-refractivity contribution is 7.89. The Morgan fingerprint density at radius 2 is 1.68 bits per heavy atom. The van der Waals surface area contributed by atoms with Gasteiger partial charge in [0.05, 0.1) is 11.4 Å². The molecule has 2 aromatic rings. The zero-order valence-electron chi connectivity index (χ0n) is 15.1. The first-order valence-electron chi connectivity index (χ1n) is 8.66. The van der Waals surface area contributed by atoms with Crippen LogP contribution in [0.5, 0.6) is 0 Å². The van der Waals surface area contributed by atoms with Crippen molar-refractivity contribution in [2.75, 3.05) is 32.7 Å². The van der Waals surface area contributed by atoms with E-state index < -0.39 is 10.0 Å². The maximum Gasteiger partial charge on any atom is 0.246 e. The van der Waals surface area contributed by atoms with Gasteiger partial charge in [0, 0.05) is 39.8 Å². The first-order chi connectivity index (χ1) is 11.9. The Labute approximate surface area is 150 Å². The van der Waals surface area contributed by atoms with Gasteiger partial charge in [-0.05, 0) is 25.8 Å². The van der Waals surface area contributed by atoms with Crippen LogP contribution in [0, 0.1) is 13.8 Å². The Morgan fingerprint density at radius 3 is 2.24 bits per heavy atom. The number of hydrogen-bond acceptors (Lipinski definition) is 4. The van der Waals surface area contributed by atoms with Crippen molar-refractivity contribution in [1.29, 1.82) is 0 Å². The molecule has 0 bridgehead atoms. The number of rotatable bonds is 5. The SMILES string of the molecule is Cc1nn(C)c(C)c1S(=O)(=O)N1CCN(CCc2ccccc2)CC1. The summed E-state index contributed by atoms with van der Waals surface area (Å²) in [6, 6.07) is 10.4.